The maximum atomic E-state index is 12.8. The van der Waals surface area contributed by atoms with Crippen molar-refractivity contribution in [3.05, 3.63) is 36.0 Å². The molecule has 24 heavy (non-hydrogen) atoms. The molecular weight excluding hydrogens is 302 g/mol. The number of methoxy groups -OCH3 is 1. The fraction of sp³-hybridized carbons (Fsp3) is 0.474. The van der Waals surface area contributed by atoms with Gasteiger partial charge in [0.25, 0.3) is 5.91 Å². The van der Waals surface area contributed by atoms with Crippen LogP contribution in [0.1, 0.15) is 42.5 Å². The minimum atomic E-state index is -0.0286. The second-order valence-corrected chi connectivity index (χ2v) is 6.90. The normalized spacial score (nSPS) is 25.5. The SMILES string of the molecule is COc1cccc(-c2[nH]ncc2C(=O)NC2CCC3CCCC32)c1. The molecule has 2 aliphatic rings. The van der Waals surface area contributed by atoms with E-state index in [-0.39, 0.29) is 5.91 Å². The Hall–Kier alpha value is -2.30. The third-order valence-corrected chi connectivity index (χ3v) is 5.64. The van der Waals surface area contributed by atoms with Crippen molar-refractivity contribution >= 4 is 5.91 Å². The third-order valence-electron chi connectivity index (χ3n) is 5.64. The molecule has 1 aromatic heterocycles. The molecule has 5 nitrogen and oxygen atoms in total. The van der Waals surface area contributed by atoms with Gasteiger partial charge in [-0.15, -0.1) is 0 Å². The number of carbonyl (C=O) groups is 1. The number of aromatic amines is 1. The fourth-order valence-electron chi connectivity index (χ4n) is 4.44. The van der Waals surface area contributed by atoms with Gasteiger partial charge in [-0.3, -0.25) is 9.89 Å². The lowest BCUT2D eigenvalue weighted by atomic mass is 9.97. The van der Waals surface area contributed by atoms with E-state index in [2.05, 4.69) is 15.5 Å². The second kappa shape index (κ2) is 6.30. The Kier molecular flexibility index (Phi) is 4.00. The molecular formula is C19H23N3O2. The molecule has 1 aromatic carbocycles. The van der Waals surface area contributed by atoms with Crippen LogP contribution in [0.3, 0.4) is 0 Å². The monoisotopic (exact) mass is 325 g/mol. The number of nitrogens with one attached hydrogen (secondary N) is 2. The average Bonchev–Trinajstić information content (AvgIpc) is 3.33. The minimum absolute atomic E-state index is 0.0286. The Morgan fingerprint density at radius 3 is 3.08 bits per heavy atom. The number of amides is 1. The molecule has 0 spiro atoms. The van der Waals surface area contributed by atoms with Crippen molar-refractivity contribution in [2.75, 3.05) is 7.11 Å². The van der Waals surface area contributed by atoms with E-state index in [0.29, 0.717) is 17.5 Å². The van der Waals surface area contributed by atoms with E-state index in [1.165, 1.54) is 25.7 Å². The smallest absolute Gasteiger partial charge is 0.255 e. The highest BCUT2D eigenvalue weighted by atomic mass is 16.5. The van der Waals surface area contributed by atoms with E-state index in [1.807, 2.05) is 24.3 Å². The predicted octanol–water partition coefficient (Wildman–Crippen LogP) is 3.39. The van der Waals surface area contributed by atoms with Gasteiger partial charge >= 0.3 is 0 Å². The molecule has 2 N–H and O–H groups in total. The van der Waals surface area contributed by atoms with Crippen LogP contribution >= 0.6 is 0 Å². The number of H-pyrrole nitrogens is 1. The van der Waals surface area contributed by atoms with Crippen molar-refractivity contribution < 1.29 is 9.53 Å². The number of rotatable bonds is 4. The highest BCUT2D eigenvalue weighted by Gasteiger charge is 2.39. The quantitative estimate of drug-likeness (QED) is 0.905. The van der Waals surface area contributed by atoms with Crippen LogP contribution in [0, 0.1) is 11.8 Å². The van der Waals surface area contributed by atoms with Gasteiger partial charge in [-0.25, -0.2) is 0 Å². The highest BCUT2D eigenvalue weighted by Crippen LogP contribution is 2.44. The second-order valence-electron chi connectivity index (χ2n) is 6.90. The Bertz CT molecular complexity index is 740. The van der Waals surface area contributed by atoms with Crippen molar-refractivity contribution in [2.45, 2.75) is 38.1 Å². The van der Waals surface area contributed by atoms with Gasteiger partial charge in [-0.05, 0) is 43.2 Å². The van der Waals surface area contributed by atoms with E-state index in [0.717, 1.165) is 29.3 Å². The number of aromatic nitrogens is 2. The number of fused-ring (bicyclic) bond motifs is 1. The lowest BCUT2D eigenvalue weighted by Crippen LogP contribution is -2.37. The molecule has 0 bridgehead atoms. The number of carbonyl (C=O) groups excluding carboxylic acids is 1. The first-order valence-electron chi connectivity index (χ1n) is 8.75. The first-order valence-corrected chi connectivity index (χ1v) is 8.75. The first kappa shape index (κ1) is 15.2. The Labute approximate surface area is 141 Å². The van der Waals surface area contributed by atoms with Gasteiger partial charge in [-0.2, -0.15) is 5.10 Å². The zero-order valence-corrected chi connectivity index (χ0v) is 13.9. The summed E-state index contributed by atoms with van der Waals surface area (Å²) in [6.45, 7) is 0. The van der Waals surface area contributed by atoms with E-state index >= 15 is 0 Å². The van der Waals surface area contributed by atoms with Crippen molar-refractivity contribution in [2.24, 2.45) is 11.8 Å². The summed E-state index contributed by atoms with van der Waals surface area (Å²) >= 11 is 0. The maximum Gasteiger partial charge on any atom is 0.255 e. The molecule has 4 rings (SSSR count). The zero-order chi connectivity index (χ0) is 16.5. The summed E-state index contributed by atoms with van der Waals surface area (Å²) < 4.78 is 5.27. The van der Waals surface area contributed by atoms with E-state index < -0.39 is 0 Å². The molecule has 126 valence electrons. The van der Waals surface area contributed by atoms with Gasteiger partial charge in [0.15, 0.2) is 0 Å². The summed E-state index contributed by atoms with van der Waals surface area (Å²) in [6.07, 6.45) is 7.87. The predicted molar refractivity (Wildman–Crippen MR) is 91.9 cm³/mol. The number of hydrogen-bond donors (Lipinski definition) is 2. The zero-order valence-electron chi connectivity index (χ0n) is 13.9. The first-order chi connectivity index (χ1) is 11.8. The van der Waals surface area contributed by atoms with Crippen LogP contribution < -0.4 is 10.1 Å². The number of benzene rings is 1. The summed E-state index contributed by atoms with van der Waals surface area (Å²) in [6, 6.07) is 7.98. The molecule has 1 heterocycles. The fourth-order valence-corrected chi connectivity index (χ4v) is 4.44. The standard InChI is InChI=1S/C19H23N3O2/c1-24-14-6-2-5-13(10-14)18-16(11-20-22-18)19(23)21-17-9-8-12-4-3-7-15(12)17/h2,5-6,10-12,15,17H,3-4,7-9H2,1H3,(H,20,22)(H,21,23). The molecule has 2 saturated carbocycles. The van der Waals surface area contributed by atoms with Crippen molar-refractivity contribution in [3.8, 4) is 17.0 Å². The third kappa shape index (κ3) is 2.68. The summed E-state index contributed by atoms with van der Waals surface area (Å²) in [5.41, 5.74) is 2.25. The number of nitrogens with zero attached hydrogens (tertiary/aromatic N) is 1. The summed E-state index contributed by atoms with van der Waals surface area (Å²) in [5, 5.41) is 10.3. The average molecular weight is 325 g/mol. The Balaban J connectivity index is 1.54. The van der Waals surface area contributed by atoms with Gasteiger partial charge in [0, 0.05) is 11.6 Å². The van der Waals surface area contributed by atoms with Crippen LogP contribution in [0.25, 0.3) is 11.3 Å². The Morgan fingerprint density at radius 2 is 2.21 bits per heavy atom. The summed E-state index contributed by atoms with van der Waals surface area (Å²) in [7, 11) is 1.64. The van der Waals surface area contributed by atoms with Gasteiger partial charge in [0.05, 0.1) is 24.6 Å². The van der Waals surface area contributed by atoms with Crippen molar-refractivity contribution in [1.82, 2.24) is 15.5 Å². The van der Waals surface area contributed by atoms with Crippen molar-refractivity contribution in [3.63, 3.8) is 0 Å². The summed E-state index contributed by atoms with van der Waals surface area (Å²) in [4.78, 5) is 12.8. The van der Waals surface area contributed by atoms with Crippen LogP contribution in [0.5, 0.6) is 5.75 Å². The molecule has 2 aliphatic carbocycles. The van der Waals surface area contributed by atoms with E-state index in [1.54, 1.807) is 13.3 Å². The van der Waals surface area contributed by atoms with Gasteiger partial charge < -0.3 is 10.1 Å². The van der Waals surface area contributed by atoms with Crippen LogP contribution in [-0.4, -0.2) is 29.3 Å². The van der Waals surface area contributed by atoms with Crippen LogP contribution in [0.15, 0.2) is 30.5 Å². The van der Waals surface area contributed by atoms with Crippen LogP contribution in [0.4, 0.5) is 0 Å². The molecule has 3 atom stereocenters. The van der Waals surface area contributed by atoms with Gasteiger partial charge in [-0.1, -0.05) is 25.0 Å². The molecule has 5 heteroatoms. The van der Waals surface area contributed by atoms with E-state index in [9.17, 15) is 4.79 Å². The number of hydrogen-bond acceptors (Lipinski definition) is 3. The Morgan fingerprint density at radius 1 is 1.29 bits per heavy atom. The molecule has 0 radical (unpaired) electrons. The van der Waals surface area contributed by atoms with Crippen LogP contribution in [0.2, 0.25) is 0 Å². The molecule has 0 saturated heterocycles. The van der Waals surface area contributed by atoms with Gasteiger partial charge in [0.2, 0.25) is 0 Å². The molecule has 2 fully saturated rings. The molecule has 2 aromatic rings. The topological polar surface area (TPSA) is 67.0 Å². The largest absolute Gasteiger partial charge is 0.497 e. The lowest BCUT2D eigenvalue weighted by Gasteiger charge is -2.20. The van der Waals surface area contributed by atoms with Crippen molar-refractivity contribution in [1.29, 1.82) is 0 Å². The maximum absolute atomic E-state index is 12.8. The van der Waals surface area contributed by atoms with Crippen LogP contribution in [-0.2, 0) is 0 Å². The molecule has 1 amide bonds. The molecule has 0 aliphatic heterocycles. The van der Waals surface area contributed by atoms with E-state index in [4.69, 9.17) is 4.74 Å². The summed E-state index contributed by atoms with van der Waals surface area (Å²) in [5.74, 6) is 2.22. The minimum Gasteiger partial charge on any atom is -0.497 e. The number of ether oxygens (including phenoxy) is 1. The lowest BCUT2D eigenvalue weighted by molar-refractivity contribution is 0.0927. The van der Waals surface area contributed by atoms with Gasteiger partial charge in [0.1, 0.15) is 5.75 Å². The highest BCUT2D eigenvalue weighted by molar-refractivity contribution is 6.00. The molecule has 3 unspecified atom stereocenters.